The summed E-state index contributed by atoms with van der Waals surface area (Å²) in [6.07, 6.45) is 2.84. The zero-order valence-electron chi connectivity index (χ0n) is 12.4. The summed E-state index contributed by atoms with van der Waals surface area (Å²) < 4.78 is 11.1. The number of ketones is 1. The van der Waals surface area contributed by atoms with Gasteiger partial charge in [-0.2, -0.15) is 0 Å². The van der Waals surface area contributed by atoms with E-state index < -0.39 is 5.60 Å². The van der Waals surface area contributed by atoms with Gasteiger partial charge in [-0.1, -0.05) is 0 Å². The van der Waals surface area contributed by atoms with Crippen molar-refractivity contribution in [1.82, 2.24) is 4.90 Å². The van der Waals surface area contributed by atoms with Crippen molar-refractivity contribution in [2.45, 2.75) is 31.8 Å². The van der Waals surface area contributed by atoms with E-state index in [2.05, 4.69) is 4.90 Å². The van der Waals surface area contributed by atoms with Crippen LogP contribution in [0.2, 0.25) is 0 Å². The number of hydrogen-bond donors (Lipinski definition) is 1. The molecule has 1 aromatic carbocycles. The van der Waals surface area contributed by atoms with Crippen molar-refractivity contribution < 1.29 is 19.4 Å². The van der Waals surface area contributed by atoms with E-state index in [4.69, 9.17) is 9.47 Å². The molecule has 4 aliphatic rings. The minimum absolute atomic E-state index is 0.146. The van der Waals surface area contributed by atoms with Crippen LogP contribution in [0.1, 0.15) is 36.5 Å². The van der Waals surface area contributed by atoms with Gasteiger partial charge in [0.2, 0.25) is 12.6 Å². The fourth-order valence-electron chi connectivity index (χ4n) is 4.30. The molecule has 3 aliphatic heterocycles. The minimum atomic E-state index is -1.53. The first-order chi connectivity index (χ1) is 10.6. The summed E-state index contributed by atoms with van der Waals surface area (Å²) >= 11 is 0. The van der Waals surface area contributed by atoms with Crippen molar-refractivity contribution in [3.05, 3.63) is 28.5 Å². The van der Waals surface area contributed by atoms with Crippen molar-refractivity contribution in [2.24, 2.45) is 0 Å². The van der Waals surface area contributed by atoms with Crippen molar-refractivity contribution in [3.8, 4) is 11.5 Å². The first kappa shape index (κ1) is 12.5. The van der Waals surface area contributed by atoms with E-state index in [9.17, 15) is 9.90 Å². The Bertz CT molecular complexity index is 762. The normalized spacial score (nSPS) is 28.1. The molecule has 0 bridgehead atoms. The Labute approximate surface area is 128 Å². The van der Waals surface area contributed by atoms with Gasteiger partial charge in [0, 0.05) is 35.5 Å². The number of benzene rings is 1. The highest BCUT2D eigenvalue weighted by atomic mass is 16.7. The van der Waals surface area contributed by atoms with E-state index in [0.717, 1.165) is 49.2 Å². The molecule has 3 heterocycles. The molecule has 0 spiro atoms. The molecular weight excluding hydrogens is 282 g/mol. The van der Waals surface area contributed by atoms with Gasteiger partial charge in [0.15, 0.2) is 17.1 Å². The molecule has 5 rings (SSSR count). The number of aliphatic hydroxyl groups is 1. The van der Waals surface area contributed by atoms with Gasteiger partial charge in [-0.05, 0) is 37.8 Å². The predicted octanol–water partition coefficient (Wildman–Crippen LogP) is 1.57. The zero-order chi connectivity index (χ0) is 15.1. The van der Waals surface area contributed by atoms with E-state index >= 15 is 0 Å². The Morgan fingerprint density at radius 1 is 1.27 bits per heavy atom. The van der Waals surface area contributed by atoms with Crippen LogP contribution in [0.4, 0.5) is 0 Å². The fraction of sp³-hybridized carbons (Fsp3) is 0.471. The number of nitrogens with zero attached hydrogens (tertiary/aromatic N) is 1. The second kappa shape index (κ2) is 3.84. The van der Waals surface area contributed by atoms with Crippen LogP contribution in [-0.4, -0.2) is 35.7 Å². The van der Waals surface area contributed by atoms with E-state index in [1.165, 1.54) is 0 Å². The van der Waals surface area contributed by atoms with Crippen LogP contribution >= 0.6 is 0 Å². The molecule has 1 aromatic rings. The van der Waals surface area contributed by atoms with Crippen LogP contribution in [0.5, 0.6) is 11.5 Å². The van der Waals surface area contributed by atoms with Crippen LogP contribution in [0.15, 0.2) is 11.8 Å². The van der Waals surface area contributed by atoms with Gasteiger partial charge in [-0.3, -0.25) is 4.79 Å². The molecule has 1 fully saturated rings. The van der Waals surface area contributed by atoms with Crippen LogP contribution in [0.3, 0.4) is 0 Å². The summed E-state index contributed by atoms with van der Waals surface area (Å²) in [4.78, 5) is 15.3. The van der Waals surface area contributed by atoms with Gasteiger partial charge in [-0.15, -0.1) is 0 Å². The van der Waals surface area contributed by atoms with Crippen molar-refractivity contribution in [2.75, 3.05) is 19.9 Å². The van der Waals surface area contributed by atoms with Gasteiger partial charge in [0.1, 0.15) is 0 Å². The number of rotatable bonds is 0. The summed E-state index contributed by atoms with van der Waals surface area (Å²) in [7, 11) is 0. The van der Waals surface area contributed by atoms with Gasteiger partial charge in [0.05, 0.1) is 0 Å². The third kappa shape index (κ3) is 1.31. The molecule has 0 saturated carbocycles. The van der Waals surface area contributed by atoms with Gasteiger partial charge >= 0.3 is 0 Å². The van der Waals surface area contributed by atoms with E-state index in [0.29, 0.717) is 22.6 Å². The second-order valence-corrected chi connectivity index (χ2v) is 6.58. The SMILES string of the molecule is CC1(O)C(=O)C2=C3CCCN3CCc3cc4c(c1c32)OCO4. The molecule has 5 nitrogen and oxygen atoms in total. The Morgan fingerprint density at radius 2 is 2.14 bits per heavy atom. The summed E-state index contributed by atoms with van der Waals surface area (Å²) in [6, 6.07) is 1.98. The average Bonchev–Trinajstić information content (AvgIpc) is 3.14. The molecule has 0 aromatic heterocycles. The number of ether oxygens (including phenoxy) is 2. The third-order valence-corrected chi connectivity index (χ3v) is 5.31. The monoisotopic (exact) mass is 299 g/mol. The Kier molecular flexibility index (Phi) is 2.19. The number of carbonyl (C=O) groups excluding carboxylic acids is 1. The number of carbonyl (C=O) groups is 1. The molecular formula is C17H17NO4. The summed E-state index contributed by atoms with van der Waals surface area (Å²) in [5, 5.41) is 10.9. The van der Waals surface area contributed by atoms with Crippen molar-refractivity contribution in [1.29, 1.82) is 0 Å². The van der Waals surface area contributed by atoms with Crippen molar-refractivity contribution >= 4 is 11.4 Å². The molecule has 0 radical (unpaired) electrons. The van der Waals surface area contributed by atoms with E-state index in [1.54, 1.807) is 6.92 Å². The fourth-order valence-corrected chi connectivity index (χ4v) is 4.30. The number of allylic oxidation sites excluding steroid dienone is 1. The van der Waals surface area contributed by atoms with Crippen LogP contribution < -0.4 is 9.47 Å². The van der Waals surface area contributed by atoms with Gasteiger partial charge in [-0.25, -0.2) is 0 Å². The molecule has 0 amide bonds. The lowest BCUT2D eigenvalue weighted by Gasteiger charge is -2.21. The lowest BCUT2D eigenvalue weighted by Crippen LogP contribution is -2.29. The maximum atomic E-state index is 13.0. The maximum Gasteiger partial charge on any atom is 0.231 e. The molecule has 1 atom stereocenters. The quantitative estimate of drug-likeness (QED) is 0.788. The van der Waals surface area contributed by atoms with Gasteiger partial charge < -0.3 is 19.5 Å². The van der Waals surface area contributed by atoms with Crippen molar-refractivity contribution in [3.63, 3.8) is 0 Å². The minimum Gasteiger partial charge on any atom is -0.454 e. The van der Waals surface area contributed by atoms with Crippen LogP contribution in [0, 0.1) is 0 Å². The molecule has 1 aliphatic carbocycles. The summed E-state index contributed by atoms with van der Waals surface area (Å²) in [5.74, 6) is 0.991. The molecule has 22 heavy (non-hydrogen) atoms. The Hall–Kier alpha value is -2.01. The largest absolute Gasteiger partial charge is 0.454 e. The Balaban J connectivity index is 1.91. The number of fused-ring (bicyclic) bond motifs is 3. The van der Waals surface area contributed by atoms with Gasteiger partial charge in [0.25, 0.3) is 0 Å². The van der Waals surface area contributed by atoms with E-state index in [-0.39, 0.29) is 12.6 Å². The predicted molar refractivity (Wildman–Crippen MR) is 78.6 cm³/mol. The summed E-state index contributed by atoms with van der Waals surface area (Å²) in [6.45, 7) is 3.63. The third-order valence-electron chi connectivity index (χ3n) is 5.31. The molecule has 1 N–H and O–H groups in total. The molecule has 114 valence electrons. The molecule has 5 heteroatoms. The average molecular weight is 299 g/mol. The van der Waals surface area contributed by atoms with Crippen LogP contribution in [-0.2, 0) is 16.8 Å². The highest BCUT2D eigenvalue weighted by Gasteiger charge is 2.51. The Morgan fingerprint density at radius 3 is 3.00 bits per heavy atom. The highest BCUT2D eigenvalue weighted by Crippen LogP contribution is 2.54. The maximum absolute atomic E-state index is 13.0. The highest BCUT2D eigenvalue weighted by molar-refractivity contribution is 6.30. The first-order valence-corrected chi connectivity index (χ1v) is 7.80. The van der Waals surface area contributed by atoms with E-state index in [1.807, 2.05) is 6.07 Å². The lowest BCUT2D eigenvalue weighted by atomic mass is 9.93. The smallest absolute Gasteiger partial charge is 0.231 e. The van der Waals surface area contributed by atoms with Crippen LogP contribution in [0.25, 0.3) is 5.57 Å². The topological polar surface area (TPSA) is 59.0 Å². The zero-order valence-corrected chi connectivity index (χ0v) is 12.4. The molecule has 1 unspecified atom stereocenters. The lowest BCUT2D eigenvalue weighted by molar-refractivity contribution is -0.129. The second-order valence-electron chi connectivity index (χ2n) is 6.58. The number of hydrogen-bond acceptors (Lipinski definition) is 5. The first-order valence-electron chi connectivity index (χ1n) is 7.80. The number of Topliss-reactive ketones (excluding diaryl/α,β-unsaturated/α-hetero) is 1. The molecule has 1 saturated heterocycles. The summed E-state index contributed by atoms with van der Waals surface area (Å²) in [5.41, 5.74) is 2.88. The standard InChI is InChI=1S/C17H17NO4/c1-17(20)14-12-9(7-11-15(14)22-8-21-11)4-6-18-5-2-3-10(18)13(12)16(17)19/h7,20H,2-6,8H2,1H3.